The highest BCUT2D eigenvalue weighted by molar-refractivity contribution is 7.81. The van der Waals surface area contributed by atoms with E-state index in [-0.39, 0.29) is 12.4 Å². The molecule has 0 unspecified atom stereocenters. The molecule has 154 valence electrons. The van der Waals surface area contributed by atoms with Crippen molar-refractivity contribution in [2.24, 2.45) is 0 Å². The molecule has 1 heterocycles. The maximum atomic E-state index is 13.5. The molecule has 2 N–H and O–H groups in total. The van der Waals surface area contributed by atoms with Crippen molar-refractivity contribution < 1.29 is 14.8 Å². The van der Waals surface area contributed by atoms with Crippen LogP contribution in [0.5, 0.6) is 0 Å². The van der Waals surface area contributed by atoms with Gasteiger partial charge in [-0.1, -0.05) is 55.5 Å². The Bertz CT molecular complexity index is 1090. The Balaban J connectivity index is 2.10. The molecule has 0 aliphatic carbocycles. The van der Waals surface area contributed by atoms with Crippen molar-refractivity contribution in [2.45, 2.75) is 33.8 Å². The minimum Gasteiger partial charge on any atom is -0.867 e. The maximum Gasteiger partial charge on any atom is 0.238 e. The van der Waals surface area contributed by atoms with Crippen molar-refractivity contribution in [3.8, 4) is 0 Å². The van der Waals surface area contributed by atoms with Gasteiger partial charge in [-0.25, -0.2) is 0 Å². The first-order valence-corrected chi connectivity index (χ1v) is 10.3. The Morgan fingerprint density at radius 3 is 2.47 bits per heavy atom. The third-order valence-electron chi connectivity index (χ3n) is 5.00. The molecule has 0 aliphatic rings. The van der Waals surface area contributed by atoms with Gasteiger partial charge in [0.15, 0.2) is 17.4 Å². The van der Waals surface area contributed by atoms with E-state index in [0.29, 0.717) is 21.8 Å². The second-order valence-electron chi connectivity index (χ2n) is 7.28. The quantitative estimate of drug-likeness (QED) is 0.277. The Morgan fingerprint density at radius 1 is 1.07 bits per heavy atom. The Kier molecular flexibility index (Phi) is 6.98. The lowest BCUT2D eigenvalue weighted by Crippen LogP contribution is -2.40. The Hall–Kier alpha value is -3.02. The summed E-state index contributed by atoms with van der Waals surface area (Å²) in [6.07, 6.45) is 4.40. The Labute approximate surface area is 183 Å². The maximum absolute atomic E-state index is 13.5. The number of hydrogen-bond acceptors (Lipinski definition) is 3. The zero-order chi connectivity index (χ0) is 21.7. The van der Waals surface area contributed by atoms with Gasteiger partial charge >= 0.3 is 0 Å². The van der Waals surface area contributed by atoms with E-state index >= 15 is 0 Å². The summed E-state index contributed by atoms with van der Waals surface area (Å²) in [7, 11) is 0. The van der Waals surface area contributed by atoms with Gasteiger partial charge in [0.1, 0.15) is 0 Å². The van der Waals surface area contributed by atoms with Gasteiger partial charge in [-0.3, -0.25) is 0 Å². The van der Waals surface area contributed by atoms with Crippen LogP contribution in [0.2, 0.25) is 0 Å². The molecule has 3 rings (SSSR count). The molecule has 30 heavy (non-hydrogen) atoms. The molecule has 5 heteroatoms. The van der Waals surface area contributed by atoms with Crippen molar-refractivity contribution in [1.29, 1.82) is 0 Å². The van der Waals surface area contributed by atoms with Crippen molar-refractivity contribution in [3.05, 3.63) is 94.8 Å². The van der Waals surface area contributed by atoms with E-state index in [1.54, 1.807) is 29.1 Å². The van der Waals surface area contributed by atoms with Crippen LogP contribution < -0.4 is 15.0 Å². The number of aliphatic hydroxyl groups excluding tert-OH is 1. The van der Waals surface area contributed by atoms with Crippen LogP contribution in [0, 0.1) is 13.8 Å². The lowest BCUT2D eigenvalue weighted by atomic mass is 10.1. The molecule has 4 nitrogen and oxygen atoms in total. The van der Waals surface area contributed by atoms with Crippen LogP contribution in [-0.2, 0) is 13.0 Å². The van der Waals surface area contributed by atoms with Crippen LogP contribution in [0.3, 0.4) is 0 Å². The summed E-state index contributed by atoms with van der Waals surface area (Å²) in [6, 6.07) is 17.2. The van der Waals surface area contributed by atoms with Crippen LogP contribution in [0.4, 0.5) is 5.69 Å². The number of nitrogens with one attached hydrogen (secondary N) is 1. The van der Waals surface area contributed by atoms with E-state index in [0.717, 1.165) is 23.2 Å². The van der Waals surface area contributed by atoms with E-state index in [1.807, 2.05) is 56.3 Å². The lowest BCUT2D eigenvalue weighted by Gasteiger charge is -2.18. The zero-order valence-electron chi connectivity index (χ0n) is 17.5. The summed E-state index contributed by atoms with van der Waals surface area (Å²) in [5, 5.41) is 26.3. The molecule has 0 radical (unpaired) electrons. The van der Waals surface area contributed by atoms with Gasteiger partial charge in [0.05, 0.1) is 6.61 Å². The van der Waals surface area contributed by atoms with Crippen molar-refractivity contribution in [1.82, 2.24) is 0 Å². The highest BCUT2D eigenvalue weighted by atomic mass is 32.1. The van der Waals surface area contributed by atoms with Gasteiger partial charge in [-0.05, 0) is 60.4 Å². The number of aryl methyl sites for hydroxylation is 3. The number of benzene rings is 2. The first-order valence-electron chi connectivity index (χ1n) is 9.93. The zero-order valence-corrected chi connectivity index (χ0v) is 18.3. The molecular weight excluding hydrogens is 392 g/mol. The van der Waals surface area contributed by atoms with E-state index < -0.39 is 0 Å². The monoisotopic (exact) mass is 418 g/mol. The molecule has 3 aromatic rings. The summed E-state index contributed by atoms with van der Waals surface area (Å²) < 4.78 is 1.68. The predicted molar refractivity (Wildman–Crippen MR) is 124 cm³/mol. The first-order chi connectivity index (χ1) is 14.4. The van der Waals surface area contributed by atoms with E-state index in [1.165, 1.54) is 5.56 Å². The largest absolute Gasteiger partial charge is 0.867 e. The number of aliphatic hydroxyl groups is 1. The number of hydrogen-bond donors (Lipinski definition) is 2. The first kappa shape index (κ1) is 21.7. The van der Waals surface area contributed by atoms with Gasteiger partial charge in [-0.15, -0.1) is 0 Å². The number of rotatable bonds is 6. The number of nitrogens with zero attached hydrogens (tertiary/aromatic N) is 1. The Morgan fingerprint density at radius 2 is 1.80 bits per heavy atom. The summed E-state index contributed by atoms with van der Waals surface area (Å²) in [6.45, 7) is 5.96. The molecule has 0 bridgehead atoms. The van der Waals surface area contributed by atoms with Crippen molar-refractivity contribution in [3.63, 3.8) is 0 Å². The molecule has 0 saturated heterocycles. The van der Waals surface area contributed by atoms with Crippen molar-refractivity contribution in [2.75, 3.05) is 5.32 Å². The number of pyridine rings is 1. The molecule has 0 spiro atoms. The van der Waals surface area contributed by atoms with Crippen LogP contribution in [0.1, 0.15) is 34.7 Å². The molecule has 0 amide bonds. The molecule has 1 aromatic heterocycles. The standard InChI is InChI=1S/C25H26N2O2S/c1-4-19-9-11-21(12-10-19)24(29)23(27-13-5-6-20(15-27)16-28)25(30)26-22-14-17(2)7-8-18(22)3/h5-15,28H,4,16H2,1-3H3,(H-,26,29,30). The van der Waals surface area contributed by atoms with E-state index in [4.69, 9.17) is 12.2 Å². The minimum absolute atomic E-state index is 0.120. The average Bonchev–Trinajstić information content (AvgIpc) is 2.76. The molecule has 0 atom stereocenters. The second-order valence-corrected chi connectivity index (χ2v) is 7.69. The van der Waals surface area contributed by atoms with Crippen LogP contribution >= 0.6 is 12.2 Å². The number of thiocarbonyl (C=S) groups is 1. The SMILES string of the molecule is CCc1ccc(C([O-])=C(C(=S)Nc2cc(C)ccc2C)[n+]2cccc(CO)c2)cc1. The van der Waals surface area contributed by atoms with Gasteiger partial charge in [0, 0.05) is 17.3 Å². The van der Waals surface area contributed by atoms with E-state index in [2.05, 4.69) is 12.2 Å². The molecular formula is C25H26N2O2S. The summed E-state index contributed by atoms with van der Waals surface area (Å²) in [5.74, 6) is -0.180. The highest BCUT2D eigenvalue weighted by Crippen LogP contribution is 2.21. The van der Waals surface area contributed by atoms with E-state index in [9.17, 15) is 10.2 Å². The molecule has 2 aromatic carbocycles. The molecule has 0 aliphatic heterocycles. The van der Waals surface area contributed by atoms with Crippen LogP contribution in [-0.4, -0.2) is 10.1 Å². The third kappa shape index (κ3) is 4.93. The molecule has 0 fully saturated rings. The fourth-order valence-electron chi connectivity index (χ4n) is 3.17. The normalized spacial score (nSPS) is 11.7. The second kappa shape index (κ2) is 9.65. The summed E-state index contributed by atoms with van der Waals surface area (Å²) >= 11 is 5.69. The van der Waals surface area contributed by atoms with Gasteiger partial charge in [0.25, 0.3) is 0 Å². The molecule has 0 saturated carbocycles. The summed E-state index contributed by atoms with van der Waals surface area (Å²) in [5.41, 5.74) is 5.77. The van der Waals surface area contributed by atoms with Crippen molar-refractivity contribution >= 4 is 34.3 Å². The van der Waals surface area contributed by atoms with Gasteiger partial charge in [0.2, 0.25) is 5.70 Å². The van der Waals surface area contributed by atoms with Crippen LogP contribution in [0.25, 0.3) is 11.5 Å². The van der Waals surface area contributed by atoms with Gasteiger partial charge < -0.3 is 15.5 Å². The lowest BCUT2D eigenvalue weighted by molar-refractivity contribution is -0.578. The minimum atomic E-state index is -0.180. The number of anilines is 1. The van der Waals surface area contributed by atoms with Gasteiger partial charge in [-0.2, -0.15) is 4.57 Å². The highest BCUT2D eigenvalue weighted by Gasteiger charge is 2.20. The fraction of sp³-hybridized carbons (Fsp3) is 0.200. The topological polar surface area (TPSA) is 59.2 Å². The third-order valence-corrected chi connectivity index (χ3v) is 5.29. The fourth-order valence-corrected chi connectivity index (χ4v) is 3.48. The number of aromatic nitrogens is 1. The predicted octanol–water partition coefficient (Wildman–Crippen LogP) is 3.77. The summed E-state index contributed by atoms with van der Waals surface area (Å²) in [4.78, 5) is 0.327. The van der Waals surface area contributed by atoms with Crippen LogP contribution in [0.15, 0.2) is 67.0 Å². The smallest absolute Gasteiger partial charge is 0.238 e. The average molecular weight is 419 g/mol.